The molecule has 3 fully saturated rings. The highest BCUT2D eigenvalue weighted by Crippen LogP contribution is 2.56. The summed E-state index contributed by atoms with van der Waals surface area (Å²) in [7, 11) is 0. The van der Waals surface area contributed by atoms with Crippen LogP contribution in [0.5, 0.6) is 0 Å². The predicted octanol–water partition coefficient (Wildman–Crippen LogP) is 3.54. The summed E-state index contributed by atoms with van der Waals surface area (Å²) >= 11 is 0. The molecule has 0 N–H and O–H groups in total. The van der Waals surface area contributed by atoms with Crippen LogP contribution in [-0.4, -0.2) is 58.0 Å². The molecule has 2 aromatic rings. The molecule has 34 heavy (non-hydrogen) atoms. The van der Waals surface area contributed by atoms with E-state index in [2.05, 4.69) is 39.6 Å². The molecule has 0 aromatic carbocycles. The van der Waals surface area contributed by atoms with E-state index in [1.165, 1.54) is 12.0 Å². The van der Waals surface area contributed by atoms with Crippen molar-refractivity contribution in [2.75, 3.05) is 36.0 Å². The SMILES string of the molecule is C[C@@H]1CN(C(=O)C2(C)CCC2)CCN1c1ncnc2c1C1(CCC1)CN2c1cc(C#N)ccn1. The zero-order chi connectivity index (χ0) is 23.5. The van der Waals surface area contributed by atoms with Gasteiger partial charge in [-0.15, -0.1) is 0 Å². The highest BCUT2D eigenvalue weighted by Gasteiger charge is 2.52. The Labute approximate surface area is 200 Å². The molecule has 4 heterocycles. The molecule has 4 aliphatic rings. The molecule has 2 aliphatic carbocycles. The van der Waals surface area contributed by atoms with Crippen LogP contribution in [-0.2, 0) is 10.2 Å². The smallest absolute Gasteiger partial charge is 0.228 e. The average Bonchev–Trinajstić information content (AvgIpc) is 3.19. The summed E-state index contributed by atoms with van der Waals surface area (Å²) < 4.78 is 0. The van der Waals surface area contributed by atoms with Crippen LogP contribution in [0.15, 0.2) is 24.7 Å². The van der Waals surface area contributed by atoms with Gasteiger partial charge < -0.3 is 14.7 Å². The van der Waals surface area contributed by atoms with Gasteiger partial charge in [0.1, 0.15) is 23.8 Å². The largest absolute Gasteiger partial charge is 0.350 e. The minimum Gasteiger partial charge on any atom is -0.350 e. The number of carbonyl (C=O) groups excluding carboxylic acids is 1. The Hall–Kier alpha value is -3.21. The number of hydrogen-bond acceptors (Lipinski definition) is 7. The van der Waals surface area contributed by atoms with E-state index in [1.807, 2.05) is 6.07 Å². The molecule has 1 spiro atoms. The monoisotopic (exact) mass is 457 g/mol. The average molecular weight is 458 g/mol. The minimum absolute atomic E-state index is 0.0301. The molecule has 1 atom stereocenters. The summed E-state index contributed by atoms with van der Waals surface area (Å²) in [5.74, 6) is 3.02. The lowest BCUT2D eigenvalue weighted by Crippen LogP contribution is -2.58. The molecule has 2 saturated carbocycles. The first kappa shape index (κ1) is 21.3. The van der Waals surface area contributed by atoms with Gasteiger partial charge in [-0.2, -0.15) is 5.26 Å². The van der Waals surface area contributed by atoms with Gasteiger partial charge in [-0.1, -0.05) is 19.8 Å². The van der Waals surface area contributed by atoms with Crippen LogP contribution in [0.1, 0.15) is 63.5 Å². The first-order valence-corrected chi connectivity index (χ1v) is 12.5. The Morgan fingerprint density at radius 2 is 1.88 bits per heavy atom. The van der Waals surface area contributed by atoms with Crippen molar-refractivity contribution >= 4 is 23.4 Å². The number of amides is 1. The summed E-state index contributed by atoms with van der Waals surface area (Å²) in [6.07, 6.45) is 9.96. The number of anilines is 3. The Kier molecular flexibility index (Phi) is 4.80. The van der Waals surface area contributed by atoms with E-state index in [9.17, 15) is 10.1 Å². The fraction of sp³-hybridized carbons (Fsp3) is 0.577. The van der Waals surface area contributed by atoms with Crippen LogP contribution in [0.25, 0.3) is 0 Å². The molecule has 6 rings (SSSR count). The molecular formula is C26H31N7O. The second kappa shape index (κ2) is 7.66. The Bertz CT molecular complexity index is 1180. The first-order valence-electron chi connectivity index (χ1n) is 12.5. The van der Waals surface area contributed by atoms with Crippen molar-refractivity contribution in [3.8, 4) is 6.07 Å². The topological polar surface area (TPSA) is 89.3 Å². The van der Waals surface area contributed by atoms with Crippen LogP contribution in [0.3, 0.4) is 0 Å². The number of nitrogens with zero attached hydrogens (tertiary/aromatic N) is 7. The third kappa shape index (κ3) is 3.09. The number of hydrogen-bond donors (Lipinski definition) is 0. The Morgan fingerprint density at radius 1 is 1.12 bits per heavy atom. The van der Waals surface area contributed by atoms with E-state index < -0.39 is 0 Å². The maximum atomic E-state index is 13.1. The van der Waals surface area contributed by atoms with Crippen molar-refractivity contribution in [3.05, 3.63) is 35.8 Å². The second-order valence-electron chi connectivity index (χ2n) is 10.8. The van der Waals surface area contributed by atoms with Crippen molar-refractivity contribution in [1.29, 1.82) is 5.26 Å². The molecule has 0 unspecified atom stereocenters. The van der Waals surface area contributed by atoms with Gasteiger partial charge in [0.05, 0.1) is 11.6 Å². The molecule has 176 valence electrons. The summed E-state index contributed by atoms with van der Waals surface area (Å²) in [6, 6.07) is 5.99. The zero-order valence-electron chi connectivity index (χ0n) is 20.0. The van der Waals surface area contributed by atoms with Gasteiger partial charge in [-0.25, -0.2) is 15.0 Å². The van der Waals surface area contributed by atoms with E-state index in [-0.39, 0.29) is 16.9 Å². The Morgan fingerprint density at radius 3 is 2.53 bits per heavy atom. The number of nitriles is 1. The highest BCUT2D eigenvalue weighted by atomic mass is 16.2. The number of aromatic nitrogens is 3. The van der Waals surface area contributed by atoms with Gasteiger partial charge in [0.15, 0.2) is 0 Å². The van der Waals surface area contributed by atoms with Gasteiger partial charge in [-0.05, 0) is 44.7 Å². The van der Waals surface area contributed by atoms with Gasteiger partial charge in [-0.3, -0.25) is 4.79 Å². The van der Waals surface area contributed by atoms with E-state index in [0.29, 0.717) is 11.5 Å². The summed E-state index contributed by atoms with van der Waals surface area (Å²) in [6.45, 7) is 7.40. The maximum absolute atomic E-state index is 13.1. The standard InChI is InChI=1S/C26H31N7O/c1-18-15-31(24(34)25(2)6-3-7-25)11-12-32(18)22-21-23(30-17-29-22)33(16-26(21)8-4-9-26)20-13-19(14-27)5-10-28-20/h5,10,13,17-18H,3-4,6-9,11-12,15-16H2,1-2H3/t18-/m1/s1. The predicted molar refractivity (Wildman–Crippen MR) is 129 cm³/mol. The third-order valence-electron chi connectivity index (χ3n) is 8.68. The quantitative estimate of drug-likeness (QED) is 0.696. The van der Waals surface area contributed by atoms with Gasteiger partial charge in [0.25, 0.3) is 0 Å². The van der Waals surface area contributed by atoms with Crippen LogP contribution in [0.2, 0.25) is 0 Å². The van der Waals surface area contributed by atoms with Gasteiger partial charge in [0, 0.05) is 54.8 Å². The van der Waals surface area contributed by atoms with Crippen molar-refractivity contribution in [3.63, 3.8) is 0 Å². The molecule has 1 amide bonds. The molecule has 8 heteroatoms. The molecule has 0 radical (unpaired) electrons. The van der Waals surface area contributed by atoms with Crippen LogP contribution >= 0.6 is 0 Å². The normalized spacial score (nSPS) is 24.3. The van der Waals surface area contributed by atoms with Crippen molar-refractivity contribution in [2.24, 2.45) is 5.41 Å². The van der Waals surface area contributed by atoms with Gasteiger partial charge in [0.2, 0.25) is 5.91 Å². The Balaban J connectivity index is 1.32. The van der Waals surface area contributed by atoms with E-state index >= 15 is 0 Å². The van der Waals surface area contributed by atoms with E-state index in [4.69, 9.17) is 9.97 Å². The number of fused-ring (bicyclic) bond motifs is 2. The molecule has 0 bridgehead atoms. The second-order valence-corrected chi connectivity index (χ2v) is 10.8. The van der Waals surface area contributed by atoms with E-state index in [1.54, 1.807) is 18.6 Å². The lowest BCUT2D eigenvalue weighted by Gasteiger charge is -2.47. The van der Waals surface area contributed by atoms with Crippen LogP contribution in [0.4, 0.5) is 17.5 Å². The minimum atomic E-state index is -0.153. The molecule has 8 nitrogen and oxygen atoms in total. The van der Waals surface area contributed by atoms with Crippen molar-refractivity contribution in [1.82, 2.24) is 19.9 Å². The zero-order valence-corrected chi connectivity index (χ0v) is 20.0. The number of rotatable bonds is 3. The number of piperazine rings is 1. The van der Waals surface area contributed by atoms with E-state index in [0.717, 1.165) is 75.7 Å². The molecule has 2 aliphatic heterocycles. The fourth-order valence-corrected chi connectivity index (χ4v) is 6.32. The lowest BCUT2D eigenvalue weighted by molar-refractivity contribution is -0.146. The summed E-state index contributed by atoms with van der Waals surface area (Å²) in [4.78, 5) is 33.9. The van der Waals surface area contributed by atoms with Crippen LogP contribution in [0, 0.1) is 16.7 Å². The number of carbonyl (C=O) groups is 1. The molecule has 1 saturated heterocycles. The first-order chi connectivity index (χ1) is 16.4. The van der Waals surface area contributed by atoms with Crippen LogP contribution < -0.4 is 9.80 Å². The summed E-state index contributed by atoms with van der Waals surface area (Å²) in [5, 5.41) is 9.38. The third-order valence-corrected chi connectivity index (χ3v) is 8.68. The van der Waals surface area contributed by atoms with Gasteiger partial charge >= 0.3 is 0 Å². The molecule has 2 aromatic heterocycles. The lowest BCUT2D eigenvalue weighted by atomic mass is 9.66. The van der Waals surface area contributed by atoms with Crippen molar-refractivity contribution < 1.29 is 4.79 Å². The molecular weight excluding hydrogens is 426 g/mol. The summed E-state index contributed by atoms with van der Waals surface area (Å²) in [5.41, 5.74) is 1.70. The highest BCUT2D eigenvalue weighted by molar-refractivity contribution is 5.83. The number of pyridine rings is 1. The maximum Gasteiger partial charge on any atom is 0.228 e. The van der Waals surface area contributed by atoms with Crippen molar-refractivity contribution in [2.45, 2.75) is 63.8 Å². The fourth-order valence-electron chi connectivity index (χ4n) is 6.32.